The summed E-state index contributed by atoms with van der Waals surface area (Å²) in [6.45, 7) is 0.194. The van der Waals surface area contributed by atoms with Gasteiger partial charge < -0.3 is 20.7 Å². The summed E-state index contributed by atoms with van der Waals surface area (Å²) in [5.74, 6) is -3.25. The lowest BCUT2D eigenvalue weighted by Gasteiger charge is -2.27. The van der Waals surface area contributed by atoms with Crippen LogP contribution in [0.1, 0.15) is 0 Å². The zero-order valence-corrected chi connectivity index (χ0v) is 15.3. The number of amides is 2. The molecule has 1 fully saturated rings. The van der Waals surface area contributed by atoms with Gasteiger partial charge in [0, 0.05) is 24.5 Å². The van der Waals surface area contributed by atoms with Crippen LogP contribution in [0.4, 0.5) is 24.5 Å². The number of carbonyl (C=O) groups excluding carboxylic acids is 2. The van der Waals surface area contributed by atoms with Gasteiger partial charge in [-0.1, -0.05) is 0 Å². The average Bonchev–Trinajstić information content (AvgIpc) is 2.59. The number of nitrogens with one attached hydrogen (secondary N) is 2. The molecule has 0 saturated carbocycles. The molecule has 1 aliphatic heterocycles. The molecular formula is C15H19F3N4O5S. The number of rotatable bonds is 7. The van der Waals surface area contributed by atoms with Crippen LogP contribution < -0.4 is 20.7 Å². The highest BCUT2D eigenvalue weighted by Gasteiger charge is 2.37. The second-order valence-electron chi connectivity index (χ2n) is 5.91. The van der Waals surface area contributed by atoms with Crippen molar-refractivity contribution in [1.29, 1.82) is 0 Å². The summed E-state index contributed by atoms with van der Waals surface area (Å²) < 4.78 is 66.5. The van der Waals surface area contributed by atoms with Crippen LogP contribution in [0, 0.1) is 0 Å². The molecule has 1 aliphatic rings. The number of sulfonamides is 1. The monoisotopic (exact) mass is 424 g/mol. The average molecular weight is 424 g/mol. The zero-order valence-electron chi connectivity index (χ0n) is 14.5. The molecule has 156 valence electrons. The fourth-order valence-electron chi connectivity index (χ4n) is 2.43. The minimum Gasteiger partial charge on any atom is -0.370 e. The summed E-state index contributed by atoms with van der Waals surface area (Å²) in [6, 6.07) is 4.48. The first-order valence-electron chi connectivity index (χ1n) is 8.06. The molecule has 2 amide bonds. The number of nitrogens with two attached hydrogens (primary N) is 1. The Morgan fingerprint density at radius 3 is 2.46 bits per heavy atom. The van der Waals surface area contributed by atoms with Crippen molar-refractivity contribution in [1.82, 2.24) is 4.72 Å². The highest BCUT2D eigenvalue weighted by Crippen LogP contribution is 2.20. The maximum atomic E-state index is 12.3. The van der Waals surface area contributed by atoms with E-state index in [1.54, 1.807) is 16.9 Å². The maximum Gasteiger partial charge on any atom is 0.404 e. The molecule has 13 heteroatoms. The van der Waals surface area contributed by atoms with E-state index in [4.69, 9.17) is 10.5 Å². The third-order valence-electron chi connectivity index (χ3n) is 3.66. The number of halogens is 3. The van der Waals surface area contributed by atoms with Gasteiger partial charge in [0.15, 0.2) is 5.75 Å². The highest BCUT2D eigenvalue weighted by atomic mass is 32.2. The minimum absolute atomic E-state index is 0.0330. The quantitative estimate of drug-likeness (QED) is 0.556. The number of carbonyl (C=O) groups is 2. The van der Waals surface area contributed by atoms with Crippen molar-refractivity contribution in [3.8, 4) is 0 Å². The summed E-state index contributed by atoms with van der Waals surface area (Å²) in [4.78, 5) is 25.4. The van der Waals surface area contributed by atoms with Crippen LogP contribution in [0.15, 0.2) is 24.3 Å². The number of morpholine rings is 1. The van der Waals surface area contributed by atoms with E-state index in [1.165, 1.54) is 17.0 Å². The lowest BCUT2D eigenvalue weighted by atomic mass is 10.2. The van der Waals surface area contributed by atoms with Crippen LogP contribution in [0.25, 0.3) is 0 Å². The molecule has 9 nitrogen and oxygen atoms in total. The Labute approximate surface area is 159 Å². The molecule has 0 unspecified atom stereocenters. The van der Waals surface area contributed by atoms with E-state index >= 15 is 0 Å². The molecule has 4 N–H and O–H groups in total. The fraction of sp³-hybridized carbons (Fsp3) is 0.467. The van der Waals surface area contributed by atoms with Gasteiger partial charge in [-0.05, 0) is 24.3 Å². The van der Waals surface area contributed by atoms with Crippen LogP contribution >= 0.6 is 0 Å². The largest absolute Gasteiger partial charge is 0.404 e. The summed E-state index contributed by atoms with van der Waals surface area (Å²) in [6.07, 6.45) is -4.95. The van der Waals surface area contributed by atoms with Crippen molar-refractivity contribution in [3.63, 3.8) is 0 Å². The van der Waals surface area contributed by atoms with Gasteiger partial charge in [0.2, 0.25) is 15.9 Å². The normalized spacial score (nSPS) is 16.7. The van der Waals surface area contributed by atoms with E-state index in [0.717, 1.165) is 0 Å². The lowest BCUT2D eigenvalue weighted by Crippen LogP contribution is -2.50. The first-order valence-corrected chi connectivity index (χ1v) is 9.72. The number of benzene rings is 1. The number of nitrogens with zero attached hydrogens (tertiary/aromatic N) is 1. The van der Waals surface area contributed by atoms with E-state index in [2.05, 4.69) is 5.32 Å². The fourth-order valence-corrected chi connectivity index (χ4v) is 3.58. The first-order chi connectivity index (χ1) is 13.0. The van der Waals surface area contributed by atoms with Crippen LogP contribution in [0.3, 0.4) is 0 Å². The Kier molecular flexibility index (Phi) is 6.98. The van der Waals surface area contributed by atoms with Crippen molar-refractivity contribution < 1.29 is 35.9 Å². The Morgan fingerprint density at radius 1 is 1.29 bits per heavy atom. The second kappa shape index (κ2) is 8.86. The molecule has 1 atom stereocenters. The minimum atomic E-state index is -4.95. The maximum absolute atomic E-state index is 12.3. The third kappa shape index (κ3) is 6.44. The zero-order chi connectivity index (χ0) is 20.9. The van der Waals surface area contributed by atoms with Gasteiger partial charge in [-0.25, -0.2) is 13.1 Å². The van der Waals surface area contributed by atoms with Crippen molar-refractivity contribution in [2.75, 3.05) is 42.3 Å². The predicted molar refractivity (Wildman–Crippen MR) is 94.1 cm³/mol. The SMILES string of the molecule is NC[C@H](NS(=O)(=O)CC(F)(F)F)C(=O)Nc1ccc(N2CCOCC2=O)cc1. The summed E-state index contributed by atoms with van der Waals surface area (Å²) in [5.41, 5.74) is 6.14. The molecule has 0 bridgehead atoms. The van der Waals surface area contributed by atoms with Crippen LogP contribution in [0.2, 0.25) is 0 Å². The van der Waals surface area contributed by atoms with Gasteiger partial charge in [0.05, 0.1) is 6.61 Å². The van der Waals surface area contributed by atoms with Gasteiger partial charge in [-0.2, -0.15) is 13.2 Å². The topological polar surface area (TPSA) is 131 Å². The highest BCUT2D eigenvalue weighted by molar-refractivity contribution is 7.89. The van der Waals surface area contributed by atoms with Gasteiger partial charge in [-0.15, -0.1) is 0 Å². The Morgan fingerprint density at radius 2 is 1.93 bits per heavy atom. The molecule has 0 spiro atoms. The summed E-state index contributed by atoms with van der Waals surface area (Å²) >= 11 is 0. The Hall–Kier alpha value is -2.22. The van der Waals surface area contributed by atoms with Crippen molar-refractivity contribution in [3.05, 3.63) is 24.3 Å². The molecule has 28 heavy (non-hydrogen) atoms. The van der Waals surface area contributed by atoms with E-state index in [-0.39, 0.29) is 18.2 Å². The number of hydrogen-bond donors (Lipinski definition) is 3. The van der Waals surface area contributed by atoms with E-state index < -0.39 is 40.4 Å². The molecule has 0 radical (unpaired) electrons. The molecule has 1 saturated heterocycles. The van der Waals surface area contributed by atoms with Gasteiger partial charge in [-0.3, -0.25) is 9.59 Å². The Balaban J connectivity index is 2.01. The van der Waals surface area contributed by atoms with Gasteiger partial charge in [0.25, 0.3) is 5.91 Å². The van der Waals surface area contributed by atoms with Crippen molar-refractivity contribution >= 4 is 33.2 Å². The van der Waals surface area contributed by atoms with Crippen LogP contribution in [0.5, 0.6) is 0 Å². The predicted octanol–water partition coefficient (Wildman–Crippen LogP) is -0.203. The van der Waals surface area contributed by atoms with Gasteiger partial charge >= 0.3 is 6.18 Å². The molecule has 1 heterocycles. The van der Waals surface area contributed by atoms with Crippen molar-refractivity contribution in [2.24, 2.45) is 5.73 Å². The molecule has 1 aromatic carbocycles. The molecule has 1 aromatic rings. The van der Waals surface area contributed by atoms with E-state index in [1.807, 2.05) is 0 Å². The smallest absolute Gasteiger partial charge is 0.370 e. The van der Waals surface area contributed by atoms with Crippen LogP contribution in [-0.4, -0.2) is 64.5 Å². The Bertz CT molecular complexity index is 814. The van der Waals surface area contributed by atoms with E-state index in [9.17, 15) is 31.2 Å². The molecule has 2 rings (SSSR count). The summed E-state index contributed by atoms with van der Waals surface area (Å²) in [5, 5.41) is 2.36. The second-order valence-corrected chi connectivity index (χ2v) is 7.67. The first kappa shape index (κ1) is 22.1. The number of hydrogen-bond acceptors (Lipinski definition) is 6. The van der Waals surface area contributed by atoms with Crippen LogP contribution in [-0.2, 0) is 24.3 Å². The van der Waals surface area contributed by atoms with Gasteiger partial charge in [0.1, 0.15) is 12.6 Å². The number of alkyl halides is 3. The standard InChI is InChI=1S/C15H19F3N4O5S/c16-15(17,18)9-28(25,26)21-12(7-19)14(24)20-10-1-3-11(4-2-10)22-5-6-27-8-13(22)23/h1-4,12,21H,5-9,19H2,(H,20,24)/t12-/m0/s1. The molecule has 0 aromatic heterocycles. The number of anilines is 2. The molecule has 0 aliphatic carbocycles. The van der Waals surface area contributed by atoms with Crippen molar-refractivity contribution in [2.45, 2.75) is 12.2 Å². The number of ether oxygens (including phenoxy) is 1. The van der Waals surface area contributed by atoms with E-state index in [0.29, 0.717) is 18.8 Å². The lowest BCUT2D eigenvalue weighted by molar-refractivity contribution is -0.125. The third-order valence-corrected chi connectivity index (χ3v) is 5.01. The summed E-state index contributed by atoms with van der Waals surface area (Å²) in [7, 11) is -4.79. The molecular weight excluding hydrogens is 405 g/mol.